The van der Waals surface area contributed by atoms with Crippen molar-refractivity contribution < 1.29 is 19.0 Å². The molecule has 182 valence electrons. The summed E-state index contributed by atoms with van der Waals surface area (Å²) in [7, 11) is 0. The molecule has 0 amide bonds. The van der Waals surface area contributed by atoms with Gasteiger partial charge in [0.05, 0.1) is 6.61 Å². The third kappa shape index (κ3) is 10.8. The van der Waals surface area contributed by atoms with Crippen LogP contribution in [0.15, 0.2) is 42.6 Å². The van der Waals surface area contributed by atoms with Crippen molar-refractivity contribution in [3.8, 4) is 22.8 Å². The van der Waals surface area contributed by atoms with Gasteiger partial charge in [-0.05, 0) is 55.7 Å². The molecule has 1 aromatic heterocycles. The van der Waals surface area contributed by atoms with E-state index in [4.69, 9.17) is 14.2 Å². The van der Waals surface area contributed by atoms with E-state index < -0.39 is 0 Å². The molecule has 33 heavy (non-hydrogen) atoms. The van der Waals surface area contributed by atoms with Crippen molar-refractivity contribution in [3.63, 3.8) is 0 Å². The Labute approximate surface area is 199 Å². The maximum Gasteiger partial charge on any atom is 0.311 e. The minimum Gasteiger partial charge on any atom is -0.478 e. The Morgan fingerprint density at radius 1 is 1.09 bits per heavy atom. The summed E-state index contributed by atoms with van der Waals surface area (Å²) >= 11 is 0. The van der Waals surface area contributed by atoms with Crippen LogP contribution in [0.3, 0.4) is 0 Å². The van der Waals surface area contributed by atoms with Crippen molar-refractivity contribution in [1.29, 1.82) is 0 Å². The average Bonchev–Trinajstić information content (AvgIpc) is 2.87. The number of para-hydroxylation sites is 1. The molecule has 1 fully saturated rings. The second kappa shape index (κ2) is 16.2. The second-order valence-electron chi connectivity index (χ2n) is 8.63. The molecule has 1 atom stereocenters. The molecule has 2 aromatic rings. The van der Waals surface area contributed by atoms with Crippen LogP contribution in [0.5, 0.6) is 11.6 Å². The maximum absolute atomic E-state index is 12.3. The highest BCUT2D eigenvalue weighted by atomic mass is 16.5. The molecule has 0 saturated carbocycles. The van der Waals surface area contributed by atoms with Crippen LogP contribution in [-0.2, 0) is 9.53 Å². The molecular formula is C28H41NO4. The van der Waals surface area contributed by atoms with Gasteiger partial charge in [0, 0.05) is 37.5 Å². The van der Waals surface area contributed by atoms with Gasteiger partial charge < -0.3 is 14.2 Å². The predicted molar refractivity (Wildman–Crippen MR) is 134 cm³/mol. The van der Waals surface area contributed by atoms with Gasteiger partial charge in [-0.2, -0.15) is 0 Å². The van der Waals surface area contributed by atoms with Crippen molar-refractivity contribution in [2.45, 2.75) is 78.6 Å². The van der Waals surface area contributed by atoms with E-state index in [1.54, 1.807) is 6.20 Å². The van der Waals surface area contributed by atoms with E-state index in [1.807, 2.05) is 36.4 Å². The zero-order valence-corrected chi connectivity index (χ0v) is 20.7. The molecule has 1 aromatic carbocycles. The Balaban J connectivity index is 0.000000554. The quantitative estimate of drug-likeness (QED) is 0.203. The van der Waals surface area contributed by atoms with Gasteiger partial charge in [-0.15, -0.1) is 0 Å². The molecule has 0 bridgehead atoms. The van der Waals surface area contributed by atoms with Crippen LogP contribution in [0.2, 0.25) is 0 Å². The van der Waals surface area contributed by atoms with E-state index in [-0.39, 0.29) is 5.97 Å². The Hall–Kier alpha value is -2.40. The van der Waals surface area contributed by atoms with Gasteiger partial charge in [0.25, 0.3) is 0 Å². The normalized spacial score (nSPS) is 14.0. The number of unbranched alkanes of at least 4 members (excludes halogenated alkanes) is 1. The minimum atomic E-state index is -0.178. The smallest absolute Gasteiger partial charge is 0.311 e. The molecule has 1 aliphatic heterocycles. The van der Waals surface area contributed by atoms with Crippen LogP contribution in [0.4, 0.5) is 0 Å². The molecule has 1 unspecified atom stereocenters. The molecule has 0 N–H and O–H groups in total. The van der Waals surface area contributed by atoms with Crippen LogP contribution >= 0.6 is 0 Å². The Morgan fingerprint density at radius 3 is 2.55 bits per heavy atom. The van der Waals surface area contributed by atoms with Gasteiger partial charge in [0.2, 0.25) is 5.88 Å². The summed E-state index contributed by atoms with van der Waals surface area (Å²) in [5.41, 5.74) is 1.80. The van der Waals surface area contributed by atoms with Crippen molar-refractivity contribution in [2.24, 2.45) is 5.92 Å². The van der Waals surface area contributed by atoms with Crippen LogP contribution in [0.25, 0.3) is 11.1 Å². The highest BCUT2D eigenvalue weighted by Crippen LogP contribution is 2.31. The Kier molecular flexibility index (Phi) is 13.2. The number of pyridine rings is 1. The molecule has 3 rings (SSSR count). The standard InChI is InChI=1S/C23H31NO3.C5H10O/c1-4-16-26-22-17-19(14-15-24-22)20-11-7-8-12-21(20)27-23(25)13-9-6-10-18(3)5-2;1-2-4-6-5-3-1/h7-8,11-12,14-15,17-18H,4-6,9-10,13,16H2,1-3H3;1-5H2. The summed E-state index contributed by atoms with van der Waals surface area (Å²) in [6.45, 7) is 9.14. The van der Waals surface area contributed by atoms with Crippen LogP contribution in [-0.4, -0.2) is 30.8 Å². The van der Waals surface area contributed by atoms with Gasteiger partial charge in [-0.25, -0.2) is 4.98 Å². The lowest BCUT2D eigenvalue weighted by Crippen LogP contribution is -2.08. The number of esters is 1. The SMILES string of the molecule is C1CCOCC1.CCCOc1cc(-c2ccccc2OC(=O)CCCCC(C)CC)ccn1. The van der Waals surface area contributed by atoms with Crippen molar-refractivity contribution in [2.75, 3.05) is 19.8 Å². The Bertz CT molecular complexity index is 792. The second-order valence-corrected chi connectivity index (χ2v) is 8.63. The summed E-state index contributed by atoms with van der Waals surface area (Å²) in [6.07, 6.45) is 11.3. The molecule has 0 radical (unpaired) electrons. The number of carbonyl (C=O) groups is 1. The molecule has 5 heteroatoms. The molecule has 1 saturated heterocycles. The highest BCUT2D eigenvalue weighted by Gasteiger charge is 2.12. The van der Waals surface area contributed by atoms with Gasteiger partial charge in [0.15, 0.2) is 0 Å². The fourth-order valence-corrected chi connectivity index (χ4v) is 3.48. The van der Waals surface area contributed by atoms with Crippen LogP contribution < -0.4 is 9.47 Å². The average molecular weight is 456 g/mol. The van der Waals surface area contributed by atoms with Crippen LogP contribution in [0, 0.1) is 5.92 Å². The summed E-state index contributed by atoms with van der Waals surface area (Å²) < 4.78 is 16.3. The van der Waals surface area contributed by atoms with Gasteiger partial charge >= 0.3 is 5.97 Å². The third-order valence-electron chi connectivity index (χ3n) is 5.71. The largest absolute Gasteiger partial charge is 0.478 e. The van der Waals surface area contributed by atoms with Gasteiger partial charge in [0.1, 0.15) is 5.75 Å². The monoisotopic (exact) mass is 455 g/mol. The minimum absolute atomic E-state index is 0.178. The van der Waals surface area contributed by atoms with Crippen molar-refractivity contribution in [1.82, 2.24) is 4.98 Å². The lowest BCUT2D eigenvalue weighted by atomic mass is 10.0. The molecule has 1 aliphatic rings. The summed E-state index contributed by atoms with van der Waals surface area (Å²) in [6, 6.07) is 11.4. The van der Waals surface area contributed by atoms with Crippen LogP contribution in [0.1, 0.15) is 78.6 Å². The molecular weight excluding hydrogens is 414 g/mol. The fraction of sp³-hybridized carbons (Fsp3) is 0.571. The van der Waals surface area contributed by atoms with Crippen molar-refractivity contribution in [3.05, 3.63) is 42.6 Å². The van der Waals surface area contributed by atoms with E-state index in [0.717, 1.165) is 55.9 Å². The first kappa shape index (κ1) is 26.8. The van der Waals surface area contributed by atoms with E-state index in [2.05, 4.69) is 25.8 Å². The third-order valence-corrected chi connectivity index (χ3v) is 5.71. The highest BCUT2D eigenvalue weighted by molar-refractivity contribution is 5.78. The summed E-state index contributed by atoms with van der Waals surface area (Å²) in [5.74, 6) is 1.71. The number of hydrogen-bond donors (Lipinski definition) is 0. The molecule has 5 nitrogen and oxygen atoms in total. The molecule has 2 heterocycles. The fourth-order valence-electron chi connectivity index (χ4n) is 3.48. The van der Waals surface area contributed by atoms with E-state index in [1.165, 1.54) is 25.7 Å². The molecule has 0 aliphatic carbocycles. The predicted octanol–water partition coefficient (Wildman–Crippen LogP) is 7.24. The van der Waals surface area contributed by atoms with E-state index in [0.29, 0.717) is 24.7 Å². The number of carbonyl (C=O) groups excluding carboxylic acids is 1. The number of hydrogen-bond acceptors (Lipinski definition) is 5. The van der Waals surface area contributed by atoms with E-state index >= 15 is 0 Å². The molecule has 0 spiro atoms. The van der Waals surface area contributed by atoms with E-state index in [9.17, 15) is 4.79 Å². The zero-order valence-electron chi connectivity index (χ0n) is 20.7. The first-order valence-corrected chi connectivity index (χ1v) is 12.6. The van der Waals surface area contributed by atoms with Crippen molar-refractivity contribution >= 4 is 5.97 Å². The Morgan fingerprint density at radius 2 is 1.88 bits per heavy atom. The number of rotatable bonds is 11. The summed E-state index contributed by atoms with van der Waals surface area (Å²) in [5, 5.41) is 0. The lowest BCUT2D eigenvalue weighted by molar-refractivity contribution is -0.134. The first-order chi connectivity index (χ1) is 16.1. The number of benzene rings is 1. The van der Waals surface area contributed by atoms with Gasteiger partial charge in [-0.3, -0.25) is 4.79 Å². The summed E-state index contributed by atoms with van der Waals surface area (Å²) in [4.78, 5) is 16.5. The number of ether oxygens (including phenoxy) is 3. The number of nitrogens with zero attached hydrogens (tertiary/aromatic N) is 1. The maximum atomic E-state index is 12.3. The van der Waals surface area contributed by atoms with Gasteiger partial charge in [-0.1, -0.05) is 58.2 Å². The number of aromatic nitrogens is 1. The zero-order chi connectivity index (χ0) is 23.7. The topological polar surface area (TPSA) is 57.7 Å². The lowest BCUT2D eigenvalue weighted by Gasteiger charge is -2.12. The first-order valence-electron chi connectivity index (χ1n) is 12.6.